The molecular weight excluding hydrogens is 312 g/mol. The van der Waals surface area contributed by atoms with Gasteiger partial charge in [-0.1, -0.05) is 19.3 Å². The Hall–Kier alpha value is -1.12. The summed E-state index contributed by atoms with van der Waals surface area (Å²) in [5.41, 5.74) is 0.346. The number of hydrogen-bond donors (Lipinski definition) is 2. The predicted octanol–water partition coefficient (Wildman–Crippen LogP) is 1.66. The first kappa shape index (κ1) is 16.3. The summed E-state index contributed by atoms with van der Waals surface area (Å²) in [5, 5.41) is 4.99. The van der Waals surface area contributed by atoms with Crippen molar-refractivity contribution in [1.82, 2.24) is 0 Å². The van der Waals surface area contributed by atoms with Gasteiger partial charge in [0.2, 0.25) is 20.0 Å². The Balaban J connectivity index is 2.02. The summed E-state index contributed by atoms with van der Waals surface area (Å²) in [6, 6.07) is 5.37. The molecule has 3 N–H and O–H groups in total. The minimum Gasteiger partial charge on any atom is -0.284 e. The maximum Gasteiger partial charge on any atom is 0.238 e. The SMILES string of the molecule is NS(=O)(=O)c1ccc(NS(=O)(=O)CC2CCCCC2)cc1. The van der Waals surface area contributed by atoms with Crippen LogP contribution in [0.2, 0.25) is 0 Å². The van der Waals surface area contributed by atoms with Crippen LogP contribution in [0, 0.1) is 5.92 Å². The van der Waals surface area contributed by atoms with Crippen molar-refractivity contribution in [2.75, 3.05) is 10.5 Å². The fourth-order valence-corrected chi connectivity index (χ4v) is 4.65. The summed E-state index contributed by atoms with van der Waals surface area (Å²) in [6.45, 7) is 0. The number of rotatable bonds is 5. The molecule has 1 aliphatic rings. The summed E-state index contributed by atoms with van der Waals surface area (Å²) in [6.07, 6.45) is 5.25. The molecule has 8 heteroatoms. The van der Waals surface area contributed by atoms with Gasteiger partial charge in [-0.15, -0.1) is 0 Å². The molecule has 0 amide bonds. The van der Waals surface area contributed by atoms with E-state index in [0.717, 1.165) is 25.7 Å². The van der Waals surface area contributed by atoms with Crippen LogP contribution in [-0.4, -0.2) is 22.6 Å². The number of nitrogens with two attached hydrogens (primary N) is 1. The highest BCUT2D eigenvalue weighted by Crippen LogP contribution is 2.25. The molecule has 1 saturated carbocycles. The lowest BCUT2D eigenvalue weighted by molar-refractivity contribution is 0.385. The van der Waals surface area contributed by atoms with Crippen molar-refractivity contribution >= 4 is 25.7 Å². The van der Waals surface area contributed by atoms with Gasteiger partial charge in [-0.05, 0) is 43.0 Å². The maximum absolute atomic E-state index is 12.1. The van der Waals surface area contributed by atoms with Gasteiger partial charge in [0, 0.05) is 5.69 Å². The van der Waals surface area contributed by atoms with Crippen LogP contribution < -0.4 is 9.86 Å². The Labute approximate surface area is 125 Å². The van der Waals surface area contributed by atoms with Crippen molar-refractivity contribution in [2.24, 2.45) is 11.1 Å². The summed E-state index contributed by atoms with van der Waals surface area (Å²) >= 11 is 0. The topological polar surface area (TPSA) is 106 Å². The van der Waals surface area contributed by atoms with Crippen molar-refractivity contribution in [3.05, 3.63) is 24.3 Å². The van der Waals surface area contributed by atoms with E-state index in [9.17, 15) is 16.8 Å². The highest BCUT2D eigenvalue weighted by Gasteiger charge is 2.21. The van der Waals surface area contributed by atoms with Crippen molar-refractivity contribution in [2.45, 2.75) is 37.0 Å². The Kier molecular flexibility index (Phi) is 4.90. The summed E-state index contributed by atoms with van der Waals surface area (Å²) < 4.78 is 48.9. The molecule has 0 aliphatic heterocycles. The molecule has 2 rings (SSSR count). The predicted molar refractivity (Wildman–Crippen MR) is 81.8 cm³/mol. The fourth-order valence-electron chi connectivity index (χ4n) is 2.60. The number of nitrogens with one attached hydrogen (secondary N) is 1. The highest BCUT2D eigenvalue weighted by atomic mass is 32.2. The third-order valence-corrected chi connectivity index (χ3v) is 6.02. The lowest BCUT2D eigenvalue weighted by atomic mass is 9.91. The Morgan fingerprint density at radius 2 is 1.57 bits per heavy atom. The van der Waals surface area contributed by atoms with E-state index >= 15 is 0 Å². The highest BCUT2D eigenvalue weighted by molar-refractivity contribution is 7.92. The van der Waals surface area contributed by atoms with Crippen molar-refractivity contribution < 1.29 is 16.8 Å². The third kappa shape index (κ3) is 4.98. The van der Waals surface area contributed by atoms with Gasteiger partial charge in [0.05, 0.1) is 10.6 Å². The van der Waals surface area contributed by atoms with Crippen LogP contribution in [0.1, 0.15) is 32.1 Å². The number of anilines is 1. The van der Waals surface area contributed by atoms with Crippen LogP contribution in [0.4, 0.5) is 5.69 Å². The number of sulfonamides is 2. The standard InChI is InChI=1S/C13H20N2O4S2/c14-21(18,19)13-8-6-12(7-9-13)15-20(16,17)10-11-4-2-1-3-5-11/h6-9,11,15H,1-5,10H2,(H2,14,18,19). The van der Waals surface area contributed by atoms with Crippen LogP contribution in [0.5, 0.6) is 0 Å². The zero-order valence-corrected chi connectivity index (χ0v) is 13.3. The molecule has 1 fully saturated rings. The van der Waals surface area contributed by atoms with Gasteiger partial charge in [-0.25, -0.2) is 22.0 Å². The third-order valence-electron chi connectivity index (χ3n) is 3.64. The normalized spacial score (nSPS) is 17.6. The molecule has 118 valence electrons. The molecule has 1 aliphatic carbocycles. The van der Waals surface area contributed by atoms with Crippen LogP contribution in [0.25, 0.3) is 0 Å². The molecule has 0 heterocycles. The van der Waals surface area contributed by atoms with E-state index in [0.29, 0.717) is 5.69 Å². The van der Waals surface area contributed by atoms with E-state index in [2.05, 4.69) is 4.72 Å². The molecule has 0 atom stereocenters. The number of benzene rings is 1. The molecule has 21 heavy (non-hydrogen) atoms. The zero-order chi connectivity index (χ0) is 15.5. The monoisotopic (exact) mass is 332 g/mol. The summed E-state index contributed by atoms with van der Waals surface area (Å²) in [4.78, 5) is -0.0438. The summed E-state index contributed by atoms with van der Waals surface area (Å²) in [5.74, 6) is 0.323. The number of primary sulfonamides is 1. The maximum atomic E-state index is 12.1. The van der Waals surface area contributed by atoms with Gasteiger partial charge >= 0.3 is 0 Å². The molecule has 1 aromatic carbocycles. The molecule has 0 unspecified atom stereocenters. The van der Waals surface area contributed by atoms with E-state index in [1.54, 1.807) is 0 Å². The van der Waals surface area contributed by atoms with Gasteiger partial charge in [0.1, 0.15) is 0 Å². The Bertz CT molecular complexity index is 675. The second-order valence-electron chi connectivity index (χ2n) is 5.46. The van der Waals surface area contributed by atoms with Gasteiger partial charge in [0.25, 0.3) is 0 Å². The molecule has 0 bridgehead atoms. The largest absolute Gasteiger partial charge is 0.284 e. The van der Waals surface area contributed by atoms with Gasteiger partial charge in [0.15, 0.2) is 0 Å². The van der Waals surface area contributed by atoms with E-state index in [4.69, 9.17) is 5.14 Å². The van der Waals surface area contributed by atoms with Crippen LogP contribution in [0.3, 0.4) is 0 Å². The smallest absolute Gasteiger partial charge is 0.238 e. The van der Waals surface area contributed by atoms with Gasteiger partial charge in [-0.3, -0.25) is 4.72 Å². The minimum atomic E-state index is -3.76. The fraction of sp³-hybridized carbons (Fsp3) is 0.538. The van der Waals surface area contributed by atoms with Gasteiger partial charge in [-0.2, -0.15) is 0 Å². The van der Waals surface area contributed by atoms with E-state index in [1.807, 2.05) is 0 Å². The van der Waals surface area contributed by atoms with E-state index in [1.165, 1.54) is 30.7 Å². The molecule has 1 aromatic rings. The average Bonchev–Trinajstić information content (AvgIpc) is 2.38. The van der Waals surface area contributed by atoms with Crippen LogP contribution in [-0.2, 0) is 20.0 Å². The van der Waals surface area contributed by atoms with Crippen LogP contribution >= 0.6 is 0 Å². The second kappa shape index (κ2) is 6.33. The molecule has 6 nitrogen and oxygen atoms in total. The van der Waals surface area contributed by atoms with Gasteiger partial charge < -0.3 is 0 Å². The average molecular weight is 332 g/mol. The van der Waals surface area contributed by atoms with Crippen molar-refractivity contribution in [3.63, 3.8) is 0 Å². The second-order valence-corrected chi connectivity index (χ2v) is 8.79. The lowest BCUT2D eigenvalue weighted by Crippen LogP contribution is -2.24. The summed E-state index contributed by atoms with van der Waals surface area (Å²) in [7, 11) is -7.18. The molecule has 0 spiro atoms. The molecule has 0 saturated heterocycles. The molecular formula is C13H20N2O4S2. The Morgan fingerprint density at radius 3 is 2.10 bits per heavy atom. The van der Waals surface area contributed by atoms with E-state index < -0.39 is 20.0 Å². The van der Waals surface area contributed by atoms with Crippen LogP contribution in [0.15, 0.2) is 29.2 Å². The Morgan fingerprint density at radius 1 is 1.00 bits per heavy atom. The zero-order valence-electron chi connectivity index (χ0n) is 11.7. The minimum absolute atomic E-state index is 0.0438. The first-order valence-electron chi connectivity index (χ1n) is 6.90. The quantitative estimate of drug-likeness (QED) is 0.855. The van der Waals surface area contributed by atoms with Crippen molar-refractivity contribution in [1.29, 1.82) is 0 Å². The molecule has 0 radical (unpaired) electrons. The lowest BCUT2D eigenvalue weighted by Gasteiger charge is -2.21. The first-order chi connectivity index (χ1) is 9.76. The molecule has 0 aromatic heterocycles. The number of hydrogen-bond acceptors (Lipinski definition) is 4. The van der Waals surface area contributed by atoms with E-state index in [-0.39, 0.29) is 16.6 Å². The first-order valence-corrected chi connectivity index (χ1v) is 10.1. The van der Waals surface area contributed by atoms with Crippen molar-refractivity contribution in [3.8, 4) is 0 Å².